The lowest BCUT2D eigenvalue weighted by Crippen LogP contribution is -2.10. The lowest BCUT2D eigenvalue weighted by Gasteiger charge is -2.21. The van der Waals surface area contributed by atoms with E-state index in [1.807, 2.05) is 36.3 Å². The van der Waals surface area contributed by atoms with Gasteiger partial charge in [0.2, 0.25) is 0 Å². The summed E-state index contributed by atoms with van der Waals surface area (Å²) < 4.78 is 0. The van der Waals surface area contributed by atoms with Gasteiger partial charge in [-0.3, -0.25) is 4.98 Å². The SMILES string of the molecule is CC(C)c1cncc(N(C)c2ccccc2O)c1. The van der Waals surface area contributed by atoms with Crippen molar-refractivity contribution in [1.29, 1.82) is 0 Å². The Kier molecular flexibility index (Phi) is 3.51. The Morgan fingerprint density at radius 3 is 2.56 bits per heavy atom. The number of benzene rings is 1. The van der Waals surface area contributed by atoms with E-state index in [2.05, 4.69) is 24.9 Å². The molecule has 0 unspecified atom stereocenters. The molecule has 1 N–H and O–H groups in total. The molecule has 0 bridgehead atoms. The normalized spacial score (nSPS) is 10.7. The number of pyridine rings is 1. The predicted molar refractivity (Wildman–Crippen MR) is 74.5 cm³/mol. The monoisotopic (exact) mass is 242 g/mol. The van der Waals surface area contributed by atoms with Gasteiger partial charge in [0.15, 0.2) is 0 Å². The van der Waals surface area contributed by atoms with Crippen LogP contribution in [-0.4, -0.2) is 17.1 Å². The summed E-state index contributed by atoms with van der Waals surface area (Å²) in [5.74, 6) is 0.713. The van der Waals surface area contributed by atoms with Crippen LogP contribution in [0.1, 0.15) is 25.3 Å². The Balaban J connectivity index is 2.37. The Bertz CT molecular complexity index is 538. The molecule has 2 rings (SSSR count). The van der Waals surface area contributed by atoms with E-state index in [1.165, 1.54) is 5.56 Å². The summed E-state index contributed by atoms with van der Waals surface area (Å²) in [6, 6.07) is 9.40. The highest BCUT2D eigenvalue weighted by atomic mass is 16.3. The first kappa shape index (κ1) is 12.4. The van der Waals surface area contributed by atoms with Crippen LogP contribution in [0.15, 0.2) is 42.7 Å². The number of aromatic hydroxyl groups is 1. The maximum absolute atomic E-state index is 9.86. The first-order chi connectivity index (χ1) is 8.59. The van der Waals surface area contributed by atoms with Crippen molar-refractivity contribution in [1.82, 2.24) is 4.98 Å². The maximum Gasteiger partial charge on any atom is 0.139 e. The minimum Gasteiger partial charge on any atom is -0.506 e. The fourth-order valence-corrected chi connectivity index (χ4v) is 1.83. The molecule has 94 valence electrons. The average molecular weight is 242 g/mol. The van der Waals surface area contributed by atoms with Crippen molar-refractivity contribution in [2.24, 2.45) is 0 Å². The van der Waals surface area contributed by atoms with E-state index in [-0.39, 0.29) is 5.75 Å². The molecule has 3 heteroatoms. The van der Waals surface area contributed by atoms with Crippen molar-refractivity contribution in [3.63, 3.8) is 0 Å². The number of nitrogens with zero attached hydrogens (tertiary/aromatic N) is 2. The Morgan fingerprint density at radius 2 is 1.89 bits per heavy atom. The van der Waals surface area contributed by atoms with Gasteiger partial charge in [-0.15, -0.1) is 0 Å². The summed E-state index contributed by atoms with van der Waals surface area (Å²) in [6.45, 7) is 4.28. The van der Waals surface area contributed by atoms with E-state index >= 15 is 0 Å². The zero-order valence-corrected chi connectivity index (χ0v) is 11.0. The molecule has 1 heterocycles. The molecular weight excluding hydrogens is 224 g/mol. The number of phenolic OH excluding ortho intramolecular Hbond substituents is 1. The van der Waals surface area contributed by atoms with Gasteiger partial charge in [-0.2, -0.15) is 0 Å². The van der Waals surface area contributed by atoms with Gasteiger partial charge in [0.25, 0.3) is 0 Å². The van der Waals surface area contributed by atoms with Crippen LogP contribution in [0.2, 0.25) is 0 Å². The second-order valence-electron chi connectivity index (χ2n) is 4.68. The smallest absolute Gasteiger partial charge is 0.139 e. The molecule has 0 aliphatic carbocycles. The molecule has 2 aromatic rings. The van der Waals surface area contributed by atoms with Crippen LogP contribution in [0.3, 0.4) is 0 Å². The van der Waals surface area contributed by atoms with Gasteiger partial charge < -0.3 is 10.0 Å². The second-order valence-corrected chi connectivity index (χ2v) is 4.68. The van der Waals surface area contributed by atoms with Crippen molar-refractivity contribution < 1.29 is 5.11 Å². The number of hydrogen-bond acceptors (Lipinski definition) is 3. The summed E-state index contributed by atoms with van der Waals surface area (Å²) in [4.78, 5) is 6.20. The minimum absolute atomic E-state index is 0.273. The van der Waals surface area contributed by atoms with E-state index in [9.17, 15) is 5.11 Å². The lowest BCUT2D eigenvalue weighted by molar-refractivity contribution is 0.476. The van der Waals surface area contributed by atoms with Crippen LogP contribution in [0.25, 0.3) is 0 Å². The van der Waals surface area contributed by atoms with E-state index in [4.69, 9.17) is 0 Å². The molecule has 0 aliphatic heterocycles. The van der Waals surface area contributed by atoms with Crippen molar-refractivity contribution in [2.75, 3.05) is 11.9 Å². The third-order valence-electron chi connectivity index (χ3n) is 3.04. The van der Waals surface area contributed by atoms with Gasteiger partial charge in [-0.05, 0) is 29.7 Å². The molecule has 0 saturated heterocycles. The molecular formula is C15H18N2O. The number of phenols is 1. The van der Waals surface area contributed by atoms with Crippen molar-refractivity contribution >= 4 is 11.4 Å². The molecule has 0 spiro atoms. The fourth-order valence-electron chi connectivity index (χ4n) is 1.83. The third kappa shape index (κ3) is 2.45. The third-order valence-corrected chi connectivity index (χ3v) is 3.04. The zero-order chi connectivity index (χ0) is 13.1. The van der Waals surface area contributed by atoms with Gasteiger partial charge in [-0.25, -0.2) is 0 Å². The first-order valence-electron chi connectivity index (χ1n) is 6.06. The average Bonchev–Trinajstić information content (AvgIpc) is 2.38. The zero-order valence-electron chi connectivity index (χ0n) is 11.0. The summed E-state index contributed by atoms with van der Waals surface area (Å²) >= 11 is 0. The highest BCUT2D eigenvalue weighted by Gasteiger charge is 2.09. The molecule has 0 amide bonds. The van der Waals surface area contributed by atoms with E-state index < -0.39 is 0 Å². The van der Waals surface area contributed by atoms with Crippen LogP contribution in [0.4, 0.5) is 11.4 Å². The number of anilines is 2. The van der Waals surface area contributed by atoms with Crippen molar-refractivity contribution in [3.05, 3.63) is 48.3 Å². The molecule has 1 aromatic carbocycles. The Labute approximate surface area is 108 Å². The number of rotatable bonds is 3. The molecule has 0 saturated carbocycles. The molecule has 18 heavy (non-hydrogen) atoms. The van der Waals surface area contributed by atoms with Crippen molar-refractivity contribution in [3.8, 4) is 5.75 Å². The summed E-state index contributed by atoms with van der Waals surface area (Å²) in [6.07, 6.45) is 3.69. The molecule has 1 aromatic heterocycles. The number of hydrogen-bond donors (Lipinski definition) is 1. The van der Waals surface area contributed by atoms with Crippen molar-refractivity contribution in [2.45, 2.75) is 19.8 Å². The van der Waals surface area contributed by atoms with Gasteiger partial charge in [0.1, 0.15) is 5.75 Å². The van der Waals surface area contributed by atoms with Crippen LogP contribution in [-0.2, 0) is 0 Å². The first-order valence-corrected chi connectivity index (χ1v) is 6.06. The molecule has 0 aliphatic rings. The van der Waals surface area contributed by atoms with Gasteiger partial charge in [0.05, 0.1) is 17.6 Å². The Hall–Kier alpha value is -2.03. The van der Waals surface area contributed by atoms with Gasteiger partial charge >= 0.3 is 0 Å². The minimum atomic E-state index is 0.273. The van der Waals surface area contributed by atoms with Crippen LogP contribution in [0.5, 0.6) is 5.75 Å². The van der Waals surface area contributed by atoms with Crippen LogP contribution < -0.4 is 4.90 Å². The van der Waals surface area contributed by atoms with Gasteiger partial charge in [-0.1, -0.05) is 26.0 Å². The highest BCUT2D eigenvalue weighted by Crippen LogP contribution is 2.31. The number of aromatic nitrogens is 1. The maximum atomic E-state index is 9.86. The lowest BCUT2D eigenvalue weighted by atomic mass is 10.1. The molecule has 0 atom stereocenters. The van der Waals surface area contributed by atoms with E-state index in [0.29, 0.717) is 5.92 Å². The Morgan fingerprint density at radius 1 is 1.17 bits per heavy atom. The fraction of sp³-hybridized carbons (Fsp3) is 0.267. The molecule has 0 radical (unpaired) electrons. The van der Waals surface area contributed by atoms with E-state index in [1.54, 1.807) is 12.3 Å². The molecule has 0 fully saturated rings. The standard InChI is InChI=1S/C15H18N2O/c1-11(2)12-8-13(10-16-9-12)17(3)14-6-4-5-7-15(14)18/h4-11,18H,1-3H3. The highest BCUT2D eigenvalue weighted by molar-refractivity contribution is 5.67. The largest absolute Gasteiger partial charge is 0.506 e. The summed E-state index contributed by atoms with van der Waals surface area (Å²) in [5.41, 5.74) is 2.94. The van der Waals surface area contributed by atoms with E-state index in [0.717, 1.165) is 11.4 Å². The summed E-state index contributed by atoms with van der Waals surface area (Å²) in [5, 5.41) is 9.86. The summed E-state index contributed by atoms with van der Waals surface area (Å²) in [7, 11) is 1.93. The number of para-hydroxylation sites is 2. The van der Waals surface area contributed by atoms with Gasteiger partial charge in [0, 0.05) is 13.2 Å². The van der Waals surface area contributed by atoms with Crippen LogP contribution in [0, 0.1) is 0 Å². The topological polar surface area (TPSA) is 36.4 Å². The van der Waals surface area contributed by atoms with Crippen LogP contribution >= 0.6 is 0 Å². The predicted octanol–water partition coefficient (Wildman–Crippen LogP) is 3.68. The molecule has 3 nitrogen and oxygen atoms in total. The quantitative estimate of drug-likeness (QED) is 0.892. The second kappa shape index (κ2) is 5.08.